The van der Waals surface area contributed by atoms with E-state index >= 15 is 0 Å². The average molecular weight is 465 g/mol. The fourth-order valence-electron chi connectivity index (χ4n) is 3.08. The number of nitrogens with zero attached hydrogens (tertiary/aromatic N) is 2. The fourth-order valence-corrected chi connectivity index (χ4v) is 4.55. The Bertz CT molecular complexity index is 1180. The summed E-state index contributed by atoms with van der Waals surface area (Å²) in [6.45, 7) is 7.45. The minimum atomic E-state index is -1.29. The first-order valence-electron chi connectivity index (χ1n) is 8.85. The molecule has 0 saturated heterocycles. The van der Waals surface area contributed by atoms with Gasteiger partial charge >= 0.3 is 11.9 Å². The van der Waals surface area contributed by atoms with Crippen molar-refractivity contribution in [2.75, 3.05) is 0 Å². The molecule has 0 bridgehead atoms. The molecule has 0 spiro atoms. The molecule has 30 heavy (non-hydrogen) atoms. The largest absolute Gasteiger partial charge is 0.478 e. The third-order valence-electron chi connectivity index (χ3n) is 4.45. The van der Waals surface area contributed by atoms with Crippen LogP contribution >= 0.6 is 34.5 Å². The van der Waals surface area contributed by atoms with Crippen molar-refractivity contribution in [1.29, 1.82) is 0 Å². The van der Waals surface area contributed by atoms with Crippen molar-refractivity contribution in [2.45, 2.75) is 33.1 Å². The number of carboxylic acids is 2. The molecule has 9 heteroatoms. The molecular formula is C21H18Cl2N2O4S. The second-order valence-electron chi connectivity index (χ2n) is 7.76. The predicted octanol–water partition coefficient (Wildman–Crippen LogP) is 6.18. The summed E-state index contributed by atoms with van der Waals surface area (Å²) >= 11 is 13.5. The maximum absolute atomic E-state index is 12.4. The highest BCUT2D eigenvalue weighted by atomic mass is 35.5. The highest BCUT2D eigenvalue weighted by Gasteiger charge is 2.30. The lowest BCUT2D eigenvalue weighted by Gasteiger charge is -2.17. The van der Waals surface area contributed by atoms with Gasteiger partial charge in [-0.05, 0) is 36.2 Å². The van der Waals surface area contributed by atoms with Gasteiger partial charge in [-0.15, -0.1) is 10.2 Å². The van der Waals surface area contributed by atoms with Crippen LogP contribution in [-0.4, -0.2) is 32.3 Å². The van der Waals surface area contributed by atoms with Crippen LogP contribution in [0.4, 0.5) is 0 Å². The molecule has 3 rings (SSSR count). The summed E-state index contributed by atoms with van der Waals surface area (Å²) in [5.41, 5.74) is 0.473. The molecule has 0 unspecified atom stereocenters. The first-order valence-corrected chi connectivity index (χ1v) is 10.4. The summed E-state index contributed by atoms with van der Waals surface area (Å²) in [5.74, 6) is -2.53. The average Bonchev–Trinajstić information content (AvgIpc) is 3.10. The van der Waals surface area contributed by atoms with Crippen LogP contribution in [0.25, 0.3) is 21.7 Å². The predicted molar refractivity (Wildman–Crippen MR) is 118 cm³/mol. The SMILES string of the molecule is Cc1cc(-c2ccc(Cl)cc2Cl)c(C(=O)O)c(-c2nnc(C(C)(C)C)s2)c1C(=O)O. The Balaban J connectivity index is 2.45. The molecule has 156 valence electrons. The van der Waals surface area contributed by atoms with E-state index in [1.165, 1.54) is 23.5 Å². The smallest absolute Gasteiger partial charge is 0.337 e. The number of benzene rings is 2. The monoisotopic (exact) mass is 464 g/mol. The molecule has 2 aromatic carbocycles. The number of aromatic nitrogens is 2. The van der Waals surface area contributed by atoms with Gasteiger partial charge in [0.05, 0.1) is 11.1 Å². The standard InChI is InChI=1S/C21H18Cl2N2O4S/c1-9-7-12(11-6-5-10(22)8-13(11)23)15(19(28)29)16(14(9)18(26)27)17-24-25-20(30-17)21(2,3)4/h5-8H,1-4H3,(H,26,27)(H,28,29). The number of carbonyl (C=O) groups is 2. The van der Waals surface area contributed by atoms with Crippen molar-refractivity contribution in [3.05, 3.63) is 56.0 Å². The molecule has 1 aromatic heterocycles. The Hall–Kier alpha value is -2.48. The van der Waals surface area contributed by atoms with Crippen LogP contribution in [0, 0.1) is 6.92 Å². The van der Waals surface area contributed by atoms with Gasteiger partial charge in [0.15, 0.2) is 0 Å². The lowest BCUT2D eigenvalue weighted by atomic mass is 9.89. The molecule has 3 aromatic rings. The van der Waals surface area contributed by atoms with Crippen molar-refractivity contribution in [3.8, 4) is 21.7 Å². The van der Waals surface area contributed by atoms with E-state index in [9.17, 15) is 19.8 Å². The van der Waals surface area contributed by atoms with Crippen molar-refractivity contribution in [2.24, 2.45) is 0 Å². The maximum atomic E-state index is 12.4. The minimum Gasteiger partial charge on any atom is -0.478 e. The first kappa shape index (κ1) is 22.2. The van der Waals surface area contributed by atoms with Gasteiger partial charge in [0.1, 0.15) is 10.0 Å². The Morgan fingerprint density at radius 2 is 1.60 bits per heavy atom. The molecule has 2 N–H and O–H groups in total. The van der Waals surface area contributed by atoms with Gasteiger partial charge in [0.25, 0.3) is 0 Å². The molecule has 0 aliphatic heterocycles. The molecule has 1 heterocycles. The zero-order valence-electron chi connectivity index (χ0n) is 16.6. The second-order valence-corrected chi connectivity index (χ2v) is 9.58. The van der Waals surface area contributed by atoms with E-state index in [0.717, 1.165) is 0 Å². The summed E-state index contributed by atoms with van der Waals surface area (Å²) in [6.07, 6.45) is 0. The fraction of sp³-hybridized carbons (Fsp3) is 0.238. The molecular weight excluding hydrogens is 447 g/mol. The number of rotatable bonds is 4. The third kappa shape index (κ3) is 4.05. The van der Waals surface area contributed by atoms with E-state index in [4.69, 9.17) is 23.2 Å². The summed E-state index contributed by atoms with van der Waals surface area (Å²) in [4.78, 5) is 24.4. The maximum Gasteiger partial charge on any atom is 0.337 e. The molecule has 0 atom stereocenters. The van der Waals surface area contributed by atoms with E-state index in [1.807, 2.05) is 20.8 Å². The van der Waals surface area contributed by atoms with Crippen LogP contribution in [-0.2, 0) is 5.41 Å². The van der Waals surface area contributed by atoms with E-state index in [1.54, 1.807) is 19.1 Å². The summed E-state index contributed by atoms with van der Waals surface area (Å²) < 4.78 is 0. The number of hydrogen-bond donors (Lipinski definition) is 2. The summed E-state index contributed by atoms with van der Waals surface area (Å²) in [5, 5.41) is 29.8. The number of hydrogen-bond acceptors (Lipinski definition) is 5. The Kier molecular flexibility index (Phi) is 5.91. The first-order chi connectivity index (χ1) is 13.9. The Labute approximate surface area is 187 Å². The number of halogens is 2. The Morgan fingerprint density at radius 1 is 0.967 bits per heavy atom. The van der Waals surface area contributed by atoms with Crippen LogP contribution in [0.1, 0.15) is 52.1 Å². The van der Waals surface area contributed by atoms with Gasteiger partial charge in [-0.2, -0.15) is 0 Å². The number of aromatic carboxylic acids is 2. The van der Waals surface area contributed by atoms with Gasteiger partial charge in [-0.25, -0.2) is 9.59 Å². The van der Waals surface area contributed by atoms with Crippen molar-refractivity contribution in [1.82, 2.24) is 10.2 Å². The van der Waals surface area contributed by atoms with Gasteiger partial charge < -0.3 is 10.2 Å². The lowest BCUT2D eigenvalue weighted by molar-refractivity contribution is 0.0695. The molecule has 0 saturated carbocycles. The van der Waals surface area contributed by atoms with Crippen LogP contribution < -0.4 is 0 Å². The van der Waals surface area contributed by atoms with Gasteiger partial charge in [0, 0.05) is 26.6 Å². The zero-order valence-corrected chi connectivity index (χ0v) is 18.9. The minimum absolute atomic E-state index is 0.0176. The molecule has 0 aliphatic carbocycles. The lowest BCUT2D eigenvalue weighted by Crippen LogP contribution is -2.11. The normalized spacial score (nSPS) is 11.5. The van der Waals surface area contributed by atoms with Crippen LogP contribution in [0.5, 0.6) is 0 Å². The van der Waals surface area contributed by atoms with E-state index in [0.29, 0.717) is 21.2 Å². The highest BCUT2D eigenvalue weighted by Crippen LogP contribution is 2.42. The molecule has 0 amide bonds. The van der Waals surface area contributed by atoms with Crippen LogP contribution in [0.15, 0.2) is 24.3 Å². The molecule has 0 fully saturated rings. The molecule has 0 radical (unpaired) electrons. The van der Waals surface area contributed by atoms with E-state index in [-0.39, 0.29) is 37.7 Å². The quantitative estimate of drug-likeness (QED) is 0.477. The summed E-state index contributed by atoms with van der Waals surface area (Å²) in [7, 11) is 0. The molecule has 6 nitrogen and oxygen atoms in total. The topological polar surface area (TPSA) is 100 Å². The van der Waals surface area contributed by atoms with Crippen molar-refractivity contribution in [3.63, 3.8) is 0 Å². The third-order valence-corrected chi connectivity index (χ3v) is 6.37. The van der Waals surface area contributed by atoms with Gasteiger partial charge in [-0.1, -0.05) is 61.4 Å². The van der Waals surface area contributed by atoms with Crippen molar-refractivity contribution >= 4 is 46.5 Å². The molecule has 0 aliphatic rings. The zero-order chi connectivity index (χ0) is 22.4. The van der Waals surface area contributed by atoms with Crippen LogP contribution in [0.2, 0.25) is 10.0 Å². The van der Waals surface area contributed by atoms with Gasteiger partial charge in [-0.3, -0.25) is 0 Å². The summed E-state index contributed by atoms with van der Waals surface area (Å²) in [6, 6.07) is 6.22. The van der Waals surface area contributed by atoms with Crippen molar-refractivity contribution < 1.29 is 19.8 Å². The van der Waals surface area contributed by atoms with E-state index < -0.39 is 11.9 Å². The van der Waals surface area contributed by atoms with Gasteiger partial charge in [0.2, 0.25) is 0 Å². The second kappa shape index (κ2) is 7.98. The van der Waals surface area contributed by atoms with E-state index in [2.05, 4.69) is 10.2 Å². The number of carboxylic acid groups (broad SMARTS) is 2. The highest BCUT2D eigenvalue weighted by molar-refractivity contribution is 7.14. The number of aryl methyl sites for hydroxylation is 1. The Morgan fingerprint density at radius 3 is 2.10 bits per heavy atom. The van der Waals surface area contributed by atoms with Crippen LogP contribution in [0.3, 0.4) is 0 Å².